The van der Waals surface area contributed by atoms with Gasteiger partial charge in [-0.25, -0.2) is 4.79 Å². The second kappa shape index (κ2) is 13.2. The molecule has 1 unspecified atom stereocenters. The Morgan fingerprint density at radius 3 is 2.25 bits per heavy atom. The fourth-order valence-electron chi connectivity index (χ4n) is 5.32. The maximum Gasteiger partial charge on any atom is 0.338 e. The van der Waals surface area contributed by atoms with Crippen LogP contribution in [0.1, 0.15) is 72.8 Å². The lowest BCUT2D eigenvalue weighted by atomic mass is 9.87. The van der Waals surface area contributed by atoms with E-state index < -0.39 is 12.0 Å². The fraction of sp³-hybridized carbons (Fsp3) is 0.270. The predicted molar refractivity (Wildman–Crippen MR) is 172 cm³/mol. The quantitative estimate of drug-likeness (QED) is 0.134. The second-order valence-corrected chi connectivity index (χ2v) is 11.9. The van der Waals surface area contributed by atoms with E-state index >= 15 is 0 Å². The first kappa shape index (κ1) is 30.5. The van der Waals surface area contributed by atoms with Gasteiger partial charge in [-0.1, -0.05) is 75.4 Å². The van der Waals surface area contributed by atoms with E-state index in [9.17, 15) is 14.4 Å². The van der Waals surface area contributed by atoms with Gasteiger partial charge in [0.15, 0.2) is 6.04 Å². The van der Waals surface area contributed by atoms with Crippen LogP contribution >= 0.6 is 0 Å². The molecule has 1 aliphatic rings. The number of benzene rings is 4. The highest BCUT2D eigenvalue weighted by Gasteiger charge is 2.26. The van der Waals surface area contributed by atoms with Crippen molar-refractivity contribution in [1.29, 1.82) is 0 Å². The fourth-order valence-corrected chi connectivity index (χ4v) is 5.32. The summed E-state index contributed by atoms with van der Waals surface area (Å²) in [4.78, 5) is 37.9. The van der Waals surface area contributed by atoms with E-state index in [2.05, 4.69) is 55.7 Å². The predicted octanol–water partition coefficient (Wildman–Crippen LogP) is 7.00. The number of nitrogens with one attached hydrogen (secondary N) is 2. The van der Waals surface area contributed by atoms with Crippen molar-refractivity contribution in [2.75, 3.05) is 18.5 Å². The molecule has 7 nitrogen and oxygen atoms in total. The summed E-state index contributed by atoms with van der Waals surface area (Å²) in [6.07, 6.45) is 0.906. The Bertz CT molecular complexity index is 1650. The Balaban J connectivity index is 1.35. The van der Waals surface area contributed by atoms with Crippen LogP contribution in [-0.4, -0.2) is 31.0 Å². The highest BCUT2D eigenvalue weighted by molar-refractivity contribution is 5.95. The molecule has 1 aliphatic carbocycles. The van der Waals surface area contributed by atoms with Crippen molar-refractivity contribution < 1.29 is 23.9 Å². The molecule has 0 saturated carbocycles. The average molecular weight is 591 g/mol. The molecule has 4 aromatic carbocycles. The molecular formula is C37H38N2O5. The van der Waals surface area contributed by atoms with Crippen molar-refractivity contribution in [3.63, 3.8) is 0 Å². The molecule has 0 fully saturated rings. The van der Waals surface area contributed by atoms with Crippen molar-refractivity contribution in [2.45, 2.75) is 52.0 Å². The first-order chi connectivity index (χ1) is 21.1. The molecule has 44 heavy (non-hydrogen) atoms. The molecule has 4 aromatic rings. The molecule has 226 valence electrons. The number of hydrogen-bond acceptors (Lipinski definition) is 6. The number of rotatable bonds is 10. The monoisotopic (exact) mass is 590 g/mol. The summed E-state index contributed by atoms with van der Waals surface area (Å²) in [7, 11) is 0. The van der Waals surface area contributed by atoms with Crippen LogP contribution in [0.4, 0.5) is 5.69 Å². The standard InChI is InChI=1S/C37H38N2O5/c1-5-43-33(40)20-21-38-35(41)24-10-15-29(16-11-24)39-34(36(42)44-30-17-13-28(14-18-30)37(2,3)4)26-12-19-32-27(23-26)22-25-8-6-7-9-31(25)32/h6-19,23,34,39H,5,20-22H2,1-4H3,(H,38,41). The first-order valence-corrected chi connectivity index (χ1v) is 15.0. The molecule has 0 radical (unpaired) electrons. The van der Waals surface area contributed by atoms with Gasteiger partial charge in [-0.15, -0.1) is 0 Å². The largest absolute Gasteiger partial charge is 0.466 e. The molecule has 0 bridgehead atoms. The summed E-state index contributed by atoms with van der Waals surface area (Å²) >= 11 is 0. The lowest BCUT2D eigenvalue weighted by Crippen LogP contribution is -2.27. The third-order valence-electron chi connectivity index (χ3n) is 7.70. The lowest BCUT2D eigenvalue weighted by Gasteiger charge is -2.21. The van der Waals surface area contributed by atoms with Gasteiger partial charge in [0.25, 0.3) is 5.91 Å². The van der Waals surface area contributed by atoms with Gasteiger partial charge >= 0.3 is 11.9 Å². The third-order valence-corrected chi connectivity index (χ3v) is 7.70. The Morgan fingerprint density at radius 2 is 1.55 bits per heavy atom. The van der Waals surface area contributed by atoms with Crippen LogP contribution in [0.15, 0.2) is 91.0 Å². The summed E-state index contributed by atoms with van der Waals surface area (Å²) in [6, 6.07) is 28.1. The normalized spacial score (nSPS) is 12.5. The number of carbonyl (C=O) groups is 3. The highest BCUT2D eigenvalue weighted by Crippen LogP contribution is 2.38. The van der Waals surface area contributed by atoms with Gasteiger partial charge in [-0.05, 0) is 88.5 Å². The molecule has 1 atom stereocenters. The Labute approximate surface area is 258 Å². The second-order valence-electron chi connectivity index (χ2n) is 11.9. The number of anilines is 1. The van der Waals surface area contributed by atoms with Gasteiger partial charge < -0.3 is 20.1 Å². The SMILES string of the molecule is CCOC(=O)CCNC(=O)c1ccc(NC(C(=O)Oc2ccc(C(C)(C)C)cc2)c2ccc3c(c2)Cc2ccccc2-3)cc1. The van der Waals surface area contributed by atoms with Crippen molar-refractivity contribution in [3.05, 3.63) is 119 Å². The van der Waals surface area contributed by atoms with Crippen LogP contribution in [0.3, 0.4) is 0 Å². The molecule has 7 heteroatoms. The van der Waals surface area contributed by atoms with E-state index in [1.807, 2.05) is 42.5 Å². The van der Waals surface area contributed by atoms with Crippen LogP contribution < -0.4 is 15.4 Å². The lowest BCUT2D eigenvalue weighted by molar-refractivity contribution is -0.143. The highest BCUT2D eigenvalue weighted by atomic mass is 16.5. The van der Waals surface area contributed by atoms with Gasteiger partial charge in [0.2, 0.25) is 0 Å². The Morgan fingerprint density at radius 1 is 0.841 bits per heavy atom. The van der Waals surface area contributed by atoms with Crippen molar-refractivity contribution in [1.82, 2.24) is 5.32 Å². The first-order valence-electron chi connectivity index (χ1n) is 15.0. The third kappa shape index (κ3) is 7.17. The Kier molecular flexibility index (Phi) is 9.14. The minimum Gasteiger partial charge on any atom is -0.466 e. The van der Waals surface area contributed by atoms with Crippen LogP contribution in [0, 0.1) is 0 Å². The number of ether oxygens (including phenoxy) is 2. The number of amides is 1. The van der Waals surface area contributed by atoms with Crippen molar-refractivity contribution >= 4 is 23.5 Å². The van der Waals surface area contributed by atoms with E-state index in [1.54, 1.807) is 31.2 Å². The summed E-state index contributed by atoms with van der Waals surface area (Å²) in [5, 5.41) is 6.06. The molecule has 0 spiro atoms. The van der Waals surface area contributed by atoms with Crippen LogP contribution in [0.2, 0.25) is 0 Å². The zero-order valence-electron chi connectivity index (χ0n) is 25.6. The maximum absolute atomic E-state index is 13.7. The molecule has 2 N–H and O–H groups in total. The Hall–Kier alpha value is -4.91. The number of carbonyl (C=O) groups excluding carboxylic acids is 3. The number of esters is 2. The molecule has 1 amide bonds. The molecule has 5 rings (SSSR count). The molecular weight excluding hydrogens is 552 g/mol. The summed E-state index contributed by atoms with van der Waals surface area (Å²) in [6.45, 7) is 8.64. The van der Waals surface area contributed by atoms with E-state index in [4.69, 9.17) is 9.47 Å². The van der Waals surface area contributed by atoms with Gasteiger partial charge in [0.05, 0.1) is 13.0 Å². The molecule has 0 heterocycles. The van der Waals surface area contributed by atoms with Gasteiger partial charge in [-0.3, -0.25) is 9.59 Å². The summed E-state index contributed by atoms with van der Waals surface area (Å²) in [5.74, 6) is -0.623. The molecule has 0 aromatic heterocycles. The van der Waals surface area contributed by atoms with Crippen molar-refractivity contribution in [3.8, 4) is 16.9 Å². The van der Waals surface area contributed by atoms with E-state index in [1.165, 1.54) is 16.7 Å². The van der Waals surface area contributed by atoms with Crippen molar-refractivity contribution in [2.24, 2.45) is 0 Å². The maximum atomic E-state index is 13.7. The van der Waals surface area contributed by atoms with E-state index in [-0.39, 0.29) is 30.3 Å². The molecule has 0 saturated heterocycles. The molecule has 0 aliphatic heterocycles. The topological polar surface area (TPSA) is 93.7 Å². The smallest absolute Gasteiger partial charge is 0.338 e. The van der Waals surface area contributed by atoms with Gasteiger partial charge in [0.1, 0.15) is 5.75 Å². The van der Waals surface area contributed by atoms with Crippen LogP contribution in [0.25, 0.3) is 11.1 Å². The summed E-state index contributed by atoms with van der Waals surface area (Å²) in [5.41, 5.74) is 7.83. The van der Waals surface area contributed by atoms with Crippen LogP contribution in [-0.2, 0) is 26.2 Å². The summed E-state index contributed by atoms with van der Waals surface area (Å²) < 4.78 is 10.8. The van der Waals surface area contributed by atoms with Gasteiger partial charge in [0, 0.05) is 17.8 Å². The number of hydrogen-bond donors (Lipinski definition) is 2. The zero-order chi connectivity index (χ0) is 31.3. The number of fused-ring (bicyclic) bond motifs is 3. The average Bonchev–Trinajstić information content (AvgIpc) is 3.38. The van der Waals surface area contributed by atoms with E-state index in [0.29, 0.717) is 23.6 Å². The zero-order valence-corrected chi connectivity index (χ0v) is 25.6. The minimum absolute atomic E-state index is 0.0153. The van der Waals surface area contributed by atoms with Gasteiger partial charge in [-0.2, -0.15) is 0 Å². The van der Waals surface area contributed by atoms with Crippen LogP contribution in [0.5, 0.6) is 5.75 Å². The van der Waals surface area contributed by atoms with E-state index in [0.717, 1.165) is 23.1 Å². The minimum atomic E-state index is -0.796.